The highest BCUT2D eigenvalue weighted by molar-refractivity contribution is 9.10. The Bertz CT molecular complexity index is 309. The Balaban J connectivity index is 2.46. The van der Waals surface area contributed by atoms with Crippen LogP contribution in [0.25, 0.3) is 0 Å². The topological polar surface area (TPSA) is 51.2 Å². The van der Waals surface area contributed by atoms with Crippen LogP contribution in [0, 0.1) is 0 Å². The highest BCUT2D eigenvalue weighted by Gasteiger charge is 2.14. The van der Waals surface area contributed by atoms with Crippen LogP contribution in [0.4, 0.5) is 0 Å². The molecule has 0 radical (unpaired) electrons. The van der Waals surface area contributed by atoms with E-state index in [1.807, 2.05) is 19.1 Å². The molecule has 1 aromatic rings. The second-order valence-electron chi connectivity index (χ2n) is 3.23. The van der Waals surface area contributed by atoms with E-state index in [1.165, 1.54) is 0 Å². The lowest BCUT2D eigenvalue weighted by Crippen LogP contribution is -2.28. The summed E-state index contributed by atoms with van der Waals surface area (Å²) in [5, 5.41) is 3.35. The maximum Gasteiger partial charge on any atom is 0.136 e. The minimum Gasteiger partial charge on any atom is -0.466 e. The number of nitrogens with one attached hydrogen (secondary N) is 1. The number of rotatable bonds is 6. The fourth-order valence-electron chi connectivity index (χ4n) is 1.34. The average Bonchev–Trinajstić information content (AvgIpc) is 2.65. The molecule has 1 heterocycles. The molecule has 4 heteroatoms. The number of hydrogen-bond donors (Lipinski definition) is 2. The SMILES string of the molecule is C/C=C/CCNC(CN)c1occc1Br. The molecule has 0 aromatic carbocycles. The first kappa shape index (κ1) is 12.5. The second kappa shape index (κ2) is 6.82. The van der Waals surface area contributed by atoms with Crippen molar-refractivity contribution in [3.63, 3.8) is 0 Å². The second-order valence-corrected chi connectivity index (χ2v) is 4.09. The maximum atomic E-state index is 5.69. The molecule has 15 heavy (non-hydrogen) atoms. The normalized spacial score (nSPS) is 13.5. The van der Waals surface area contributed by atoms with E-state index >= 15 is 0 Å². The van der Waals surface area contributed by atoms with E-state index in [4.69, 9.17) is 10.2 Å². The summed E-state index contributed by atoms with van der Waals surface area (Å²) in [5.74, 6) is 0.873. The van der Waals surface area contributed by atoms with Crippen molar-refractivity contribution in [3.8, 4) is 0 Å². The van der Waals surface area contributed by atoms with E-state index in [2.05, 4.69) is 27.3 Å². The molecule has 0 saturated heterocycles. The van der Waals surface area contributed by atoms with Gasteiger partial charge in [0.2, 0.25) is 0 Å². The van der Waals surface area contributed by atoms with Gasteiger partial charge in [-0.25, -0.2) is 0 Å². The number of allylic oxidation sites excluding steroid dienone is 1. The highest BCUT2D eigenvalue weighted by atomic mass is 79.9. The van der Waals surface area contributed by atoms with Gasteiger partial charge >= 0.3 is 0 Å². The molecule has 0 saturated carbocycles. The summed E-state index contributed by atoms with van der Waals surface area (Å²) >= 11 is 3.43. The van der Waals surface area contributed by atoms with Crippen molar-refractivity contribution in [1.82, 2.24) is 5.32 Å². The zero-order chi connectivity index (χ0) is 11.1. The number of nitrogens with two attached hydrogens (primary N) is 1. The Morgan fingerprint density at radius 1 is 1.67 bits per heavy atom. The lowest BCUT2D eigenvalue weighted by molar-refractivity contribution is 0.417. The van der Waals surface area contributed by atoms with Gasteiger partial charge in [0.25, 0.3) is 0 Å². The standard InChI is InChI=1S/C11H17BrN2O/c1-2-3-4-6-14-10(8-13)11-9(12)5-7-15-11/h2-3,5,7,10,14H,4,6,8,13H2,1H3/b3-2+. The predicted molar refractivity (Wildman–Crippen MR) is 65.6 cm³/mol. The summed E-state index contributed by atoms with van der Waals surface area (Å²) < 4.78 is 6.34. The van der Waals surface area contributed by atoms with E-state index in [1.54, 1.807) is 6.26 Å². The number of furan rings is 1. The smallest absolute Gasteiger partial charge is 0.136 e. The Morgan fingerprint density at radius 3 is 3.00 bits per heavy atom. The molecule has 0 aliphatic carbocycles. The fourth-order valence-corrected chi connectivity index (χ4v) is 1.82. The van der Waals surface area contributed by atoms with E-state index in [-0.39, 0.29) is 6.04 Å². The summed E-state index contributed by atoms with van der Waals surface area (Å²) in [4.78, 5) is 0. The number of hydrogen-bond acceptors (Lipinski definition) is 3. The van der Waals surface area contributed by atoms with Gasteiger partial charge in [-0.05, 0) is 41.9 Å². The van der Waals surface area contributed by atoms with Gasteiger partial charge < -0.3 is 15.5 Å². The largest absolute Gasteiger partial charge is 0.466 e. The Kier molecular flexibility index (Phi) is 5.68. The third-order valence-corrected chi connectivity index (χ3v) is 2.79. The van der Waals surface area contributed by atoms with Crippen molar-refractivity contribution >= 4 is 15.9 Å². The van der Waals surface area contributed by atoms with Crippen molar-refractivity contribution in [2.75, 3.05) is 13.1 Å². The van der Waals surface area contributed by atoms with E-state index in [0.29, 0.717) is 6.54 Å². The van der Waals surface area contributed by atoms with Crippen LogP contribution in [0.5, 0.6) is 0 Å². The van der Waals surface area contributed by atoms with E-state index in [0.717, 1.165) is 23.2 Å². The molecule has 84 valence electrons. The minimum absolute atomic E-state index is 0.0830. The molecule has 1 rings (SSSR count). The van der Waals surface area contributed by atoms with Gasteiger partial charge in [0.05, 0.1) is 16.8 Å². The lowest BCUT2D eigenvalue weighted by atomic mass is 10.2. The van der Waals surface area contributed by atoms with Crippen molar-refractivity contribution in [3.05, 3.63) is 34.7 Å². The first-order chi connectivity index (χ1) is 7.29. The van der Waals surface area contributed by atoms with Gasteiger partial charge in [-0.1, -0.05) is 12.2 Å². The molecule has 1 aromatic heterocycles. The zero-order valence-corrected chi connectivity index (χ0v) is 10.5. The molecule has 1 unspecified atom stereocenters. The van der Waals surface area contributed by atoms with E-state index < -0.39 is 0 Å². The molecule has 0 amide bonds. The molecule has 0 spiro atoms. The Labute approximate surface area is 98.8 Å². The van der Waals surface area contributed by atoms with Crippen LogP contribution in [0.3, 0.4) is 0 Å². The summed E-state index contributed by atoms with van der Waals surface area (Å²) in [6.45, 7) is 3.45. The minimum atomic E-state index is 0.0830. The summed E-state index contributed by atoms with van der Waals surface area (Å²) in [5.41, 5.74) is 5.69. The van der Waals surface area contributed by atoms with Crippen LogP contribution >= 0.6 is 15.9 Å². The van der Waals surface area contributed by atoms with Gasteiger partial charge in [0.15, 0.2) is 0 Å². The first-order valence-corrected chi connectivity index (χ1v) is 5.86. The molecular formula is C11H17BrN2O. The van der Waals surface area contributed by atoms with Crippen LogP contribution in [0.2, 0.25) is 0 Å². The Morgan fingerprint density at radius 2 is 2.47 bits per heavy atom. The molecule has 0 bridgehead atoms. The van der Waals surface area contributed by atoms with Gasteiger partial charge in [-0.15, -0.1) is 0 Å². The predicted octanol–water partition coefficient (Wildman–Crippen LogP) is 2.60. The van der Waals surface area contributed by atoms with Crippen LogP contribution in [-0.4, -0.2) is 13.1 Å². The maximum absolute atomic E-state index is 5.69. The third-order valence-electron chi connectivity index (χ3n) is 2.13. The molecule has 3 N–H and O–H groups in total. The first-order valence-electron chi connectivity index (χ1n) is 5.07. The van der Waals surface area contributed by atoms with Crippen LogP contribution in [0.15, 0.2) is 33.4 Å². The zero-order valence-electron chi connectivity index (χ0n) is 8.87. The average molecular weight is 273 g/mol. The molecule has 0 aliphatic rings. The molecule has 3 nitrogen and oxygen atoms in total. The highest BCUT2D eigenvalue weighted by Crippen LogP contribution is 2.23. The van der Waals surface area contributed by atoms with Crippen LogP contribution in [0.1, 0.15) is 25.1 Å². The molecule has 0 aliphatic heterocycles. The monoisotopic (exact) mass is 272 g/mol. The van der Waals surface area contributed by atoms with Crippen LogP contribution in [-0.2, 0) is 0 Å². The quantitative estimate of drug-likeness (QED) is 0.618. The molecular weight excluding hydrogens is 256 g/mol. The molecule has 0 fully saturated rings. The third kappa shape index (κ3) is 3.81. The van der Waals surface area contributed by atoms with Gasteiger partial charge in [0.1, 0.15) is 5.76 Å². The fraction of sp³-hybridized carbons (Fsp3) is 0.455. The summed E-state index contributed by atoms with van der Waals surface area (Å²) in [6.07, 6.45) is 6.83. The van der Waals surface area contributed by atoms with Crippen molar-refractivity contribution < 1.29 is 4.42 Å². The lowest BCUT2D eigenvalue weighted by Gasteiger charge is -2.14. The van der Waals surface area contributed by atoms with E-state index in [9.17, 15) is 0 Å². The number of halogens is 1. The summed E-state index contributed by atoms with van der Waals surface area (Å²) in [7, 11) is 0. The summed E-state index contributed by atoms with van der Waals surface area (Å²) in [6, 6.07) is 1.96. The Hall–Kier alpha value is -0.580. The van der Waals surface area contributed by atoms with Crippen molar-refractivity contribution in [2.45, 2.75) is 19.4 Å². The molecule has 1 atom stereocenters. The van der Waals surface area contributed by atoms with Gasteiger partial charge in [-0.3, -0.25) is 0 Å². The van der Waals surface area contributed by atoms with Crippen molar-refractivity contribution in [2.24, 2.45) is 5.73 Å². The van der Waals surface area contributed by atoms with Gasteiger partial charge in [-0.2, -0.15) is 0 Å². The van der Waals surface area contributed by atoms with Crippen LogP contribution < -0.4 is 11.1 Å². The van der Waals surface area contributed by atoms with Crippen molar-refractivity contribution in [1.29, 1.82) is 0 Å². The van der Waals surface area contributed by atoms with Gasteiger partial charge in [0, 0.05) is 6.54 Å².